The maximum Gasteiger partial charge on any atom is 0.332 e. The standard InChI is InChI=1S/C11H17NO.C7H8N4O2/c1-8(9(2)12)10-6-4-5-7-11(10)13-3;1-10-5-4(8-3-9-5)6(12)11(2)7(10)13/h4-9H,12H2,1-3H3;3H,1-2H3,(H,8,9). The van der Waals surface area contributed by atoms with Crippen LogP contribution in [0, 0.1) is 0 Å². The molecule has 3 aromatic rings. The monoisotopic (exact) mass is 359 g/mol. The van der Waals surface area contributed by atoms with Crippen LogP contribution >= 0.6 is 0 Å². The Labute approximate surface area is 151 Å². The molecule has 0 radical (unpaired) electrons. The fraction of sp³-hybridized carbons (Fsp3) is 0.389. The highest BCUT2D eigenvalue weighted by Crippen LogP contribution is 2.27. The fourth-order valence-electron chi connectivity index (χ4n) is 2.59. The number of ether oxygens (including phenoxy) is 1. The van der Waals surface area contributed by atoms with E-state index in [4.69, 9.17) is 10.5 Å². The van der Waals surface area contributed by atoms with Crippen LogP contribution in [0.3, 0.4) is 0 Å². The molecule has 0 bridgehead atoms. The topological polar surface area (TPSA) is 108 Å². The van der Waals surface area contributed by atoms with Gasteiger partial charge >= 0.3 is 5.69 Å². The zero-order valence-corrected chi connectivity index (χ0v) is 15.7. The second-order valence-corrected chi connectivity index (χ2v) is 6.20. The van der Waals surface area contributed by atoms with Crippen LogP contribution in [0.15, 0.2) is 40.2 Å². The third-order valence-corrected chi connectivity index (χ3v) is 4.45. The molecule has 3 N–H and O–H groups in total. The van der Waals surface area contributed by atoms with E-state index in [2.05, 4.69) is 23.0 Å². The van der Waals surface area contributed by atoms with Gasteiger partial charge in [-0.2, -0.15) is 0 Å². The van der Waals surface area contributed by atoms with E-state index < -0.39 is 0 Å². The van der Waals surface area contributed by atoms with Crippen molar-refractivity contribution >= 4 is 11.2 Å². The number of hydrogen-bond acceptors (Lipinski definition) is 5. The van der Waals surface area contributed by atoms with Gasteiger partial charge in [-0.15, -0.1) is 0 Å². The van der Waals surface area contributed by atoms with Crippen LogP contribution in [0.1, 0.15) is 25.3 Å². The molecule has 0 aliphatic rings. The lowest BCUT2D eigenvalue weighted by Gasteiger charge is -2.18. The summed E-state index contributed by atoms with van der Waals surface area (Å²) in [6.45, 7) is 4.12. The molecule has 1 aromatic carbocycles. The Hall–Kier alpha value is -2.87. The number of aromatic nitrogens is 4. The normalized spacial score (nSPS) is 13.0. The minimum Gasteiger partial charge on any atom is -0.496 e. The van der Waals surface area contributed by atoms with Gasteiger partial charge in [0.2, 0.25) is 0 Å². The molecular formula is C18H25N5O3. The van der Waals surface area contributed by atoms with Crippen molar-refractivity contribution in [2.45, 2.75) is 25.8 Å². The molecule has 2 heterocycles. The molecule has 8 heteroatoms. The minimum atomic E-state index is -0.371. The third-order valence-electron chi connectivity index (χ3n) is 4.45. The number of benzene rings is 1. The molecule has 0 amide bonds. The molecule has 3 rings (SSSR count). The number of methoxy groups -OCH3 is 1. The van der Waals surface area contributed by atoms with Crippen molar-refractivity contribution in [2.24, 2.45) is 19.8 Å². The summed E-state index contributed by atoms with van der Waals surface area (Å²) in [6, 6.07) is 8.16. The predicted molar refractivity (Wildman–Crippen MR) is 102 cm³/mol. The lowest BCUT2D eigenvalue weighted by atomic mass is 9.94. The van der Waals surface area contributed by atoms with E-state index in [1.165, 1.54) is 23.5 Å². The molecule has 0 saturated heterocycles. The maximum atomic E-state index is 11.4. The third kappa shape index (κ3) is 3.70. The SMILES string of the molecule is COc1ccccc1C(C)C(C)N.Cn1c(=O)c2[nH]cnc2n(C)c1=O. The van der Waals surface area contributed by atoms with Gasteiger partial charge in [0, 0.05) is 20.1 Å². The first-order valence-corrected chi connectivity index (χ1v) is 8.27. The highest BCUT2D eigenvalue weighted by molar-refractivity contribution is 5.68. The molecule has 0 aliphatic heterocycles. The summed E-state index contributed by atoms with van der Waals surface area (Å²) in [7, 11) is 4.70. The predicted octanol–water partition coefficient (Wildman–Crippen LogP) is 1.11. The van der Waals surface area contributed by atoms with E-state index in [0.717, 1.165) is 10.3 Å². The summed E-state index contributed by atoms with van der Waals surface area (Å²) in [5, 5.41) is 0. The molecule has 140 valence electrons. The van der Waals surface area contributed by atoms with E-state index in [1.54, 1.807) is 14.2 Å². The van der Waals surface area contributed by atoms with Gasteiger partial charge < -0.3 is 15.5 Å². The quantitative estimate of drug-likeness (QED) is 0.728. The van der Waals surface area contributed by atoms with Crippen molar-refractivity contribution in [3.8, 4) is 5.75 Å². The van der Waals surface area contributed by atoms with Crippen molar-refractivity contribution in [1.82, 2.24) is 19.1 Å². The molecule has 2 aromatic heterocycles. The number of nitrogens with one attached hydrogen (secondary N) is 1. The highest BCUT2D eigenvalue weighted by atomic mass is 16.5. The lowest BCUT2D eigenvalue weighted by Crippen LogP contribution is -2.36. The number of H-pyrrole nitrogens is 1. The van der Waals surface area contributed by atoms with Gasteiger partial charge in [-0.25, -0.2) is 9.78 Å². The molecule has 2 atom stereocenters. The van der Waals surface area contributed by atoms with Crippen LogP contribution < -0.4 is 21.7 Å². The Morgan fingerprint density at radius 3 is 2.42 bits per heavy atom. The van der Waals surface area contributed by atoms with Gasteiger partial charge in [0.15, 0.2) is 5.65 Å². The second-order valence-electron chi connectivity index (χ2n) is 6.20. The largest absolute Gasteiger partial charge is 0.496 e. The van der Waals surface area contributed by atoms with Gasteiger partial charge in [0.05, 0.1) is 13.4 Å². The van der Waals surface area contributed by atoms with Gasteiger partial charge in [0.1, 0.15) is 11.3 Å². The van der Waals surface area contributed by atoms with Gasteiger partial charge in [-0.05, 0) is 24.5 Å². The Morgan fingerprint density at radius 1 is 1.15 bits per heavy atom. The molecule has 2 unspecified atom stereocenters. The molecule has 0 saturated carbocycles. The van der Waals surface area contributed by atoms with Crippen molar-refractivity contribution in [3.05, 3.63) is 57.0 Å². The van der Waals surface area contributed by atoms with E-state index in [-0.39, 0.29) is 17.3 Å². The van der Waals surface area contributed by atoms with Gasteiger partial charge in [-0.3, -0.25) is 13.9 Å². The van der Waals surface area contributed by atoms with E-state index >= 15 is 0 Å². The number of aryl methyl sites for hydroxylation is 1. The zero-order chi connectivity index (χ0) is 19.4. The average molecular weight is 359 g/mol. The summed E-state index contributed by atoms with van der Waals surface area (Å²) < 4.78 is 7.63. The molecule has 8 nitrogen and oxygen atoms in total. The van der Waals surface area contributed by atoms with Crippen molar-refractivity contribution in [3.63, 3.8) is 0 Å². The number of para-hydroxylation sites is 1. The minimum absolute atomic E-state index is 0.149. The van der Waals surface area contributed by atoms with Crippen LogP contribution in [-0.4, -0.2) is 32.3 Å². The van der Waals surface area contributed by atoms with Crippen molar-refractivity contribution < 1.29 is 4.74 Å². The lowest BCUT2D eigenvalue weighted by molar-refractivity contribution is 0.403. The molecule has 0 aliphatic carbocycles. The molecule has 0 fully saturated rings. The summed E-state index contributed by atoms with van der Waals surface area (Å²) in [5.41, 5.74) is 7.03. The zero-order valence-electron chi connectivity index (χ0n) is 15.7. The van der Waals surface area contributed by atoms with Crippen molar-refractivity contribution in [1.29, 1.82) is 0 Å². The van der Waals surface area contributed by atoms with Crippen LogP contribution in [0.5, 0.6) is 5.75 Å². The Morgan fingerprint density at radius 2 is 1.81 bits per heavy atom. The maximum absolute atomic E-state index is 11.4. The first-order valence-electron chi connectivity index (χ1n) is 8.27. The summed E-state index contributed by atoms with van der Waals surface area (Å²) >= 11 is 0. The Balaban J connectivity index is 0.000000187. The van der Waals surface area contributed by atoms with E-state index in [9.17, 15) is 9.59 Å². The van der Waals surface area contributed by atoms with Crippen LogP contribution in [-0.2, 0) is 14.1 Å². The number of imidazole rings is 1. The Kier molecular flexibility index (Phi) is 5.99. The smallest absolute Gasteiger partial charge is 0.332 e. The number of hydrogen-bond donors (Lipinski definition) is 2. The summed E-state index contributed by atoms with van der Waals surface area (Å²) in [4.78, 5) is 29.4. The molecule has 0 spiro atoms. The molecular weight excluding hydrogens is 334 g/mol. The summed E-state index contributed by atoms with van der Waals surface area (Å²) in [5.74, 6) is 1.25. The van der Waals surface area contributed by atoms with Gasteiger partial charge in [-0.1, -0.05) is 25.1 Å². The van der Waals surface area contributed by atoms with E-state index in [0.29, 0.717) is 17.1 Å². The van der Waals surface area contributed by atoms with Crippen molar-refractivity contribution in [2.75, 3.05) is 7.11 Å². The highest BCUT2D eigenvalue weighted by Gasteiger charge is 2.14. The average Bonchev–Trinajstić information content (AvgIpc) is 3.14. The number of aromatic amines is 1. The first kappa shape index (κ1) is 19.5. The fourth-order valence-corrected chi connectivity index (χ4v) is 2.59. The number of rotatable bonds is 3. The number of nitrogens with zero attached hydrogens (tertiary/aromatic N) is 3. The van der Waals surface area contributed by atoms with Crippen LogP contribution in [0.2, 0.25) is 0 Å². The molecule has 26 heavy (non-hydrogen) atoms. The van der Waals surface area contributed by atoms with E-state index in [1.807, 2.05) is 25.1 Å². The second kappa shape index (κ2) is 8.01. The number of nitrogens with two attached hydrogens (primary N) is 1. The van der Waals surface area contributed by atoms with Gasteiger partial charge in [0.25, 0.3) is 5.56 Å². The van der Waals surface area contributed by atoms with Crippen LogP contribution in [0.25, 0.3) is 11.2 Å². The first-order chi connectivity index (χ1) is 12.3. The Bertz CT molecular complexity index is 1000. The summed E-state index contributed by atoms with van der Waals surface area (Å²) in [6.07, 6.45) is 1.39. The number of fused-ring (bicyclic) bond motifs is 1. The van der Waals surface area contributed by atoms with Crippen LogP contribution in [0.4, 0.5) is 0 Å².